The molecule has 2 aromatic rings. The van der Waals surface area contributed by atoms with E-state index in [1.165, 1.54) is 24.1 Å². The van der Waals surface area contributed by atoms with Crippen LogP contribution >= 0.6 is 0 Å². The van der Waals surface area contributed by atoms with Crippen LogP contribution < -0.4 is 10.2 Å². The number of hydrogen-bond donors (Lipinski definition) is 1. The van der Waals surface area contributed by atoms with Gasteiger partial charge in [0.25, 0.3) is 0 Å². The van der Waals surface area contributed by atoms with Crippen LogP contribution in [-0.4, -0.2) is 35.3 Å². The molecular formula is C21H30N4O. The quantitative estimate of drug-likeness (QED) is 0.775. The molecule has 1 atom stereocenters. The summed E-state index contributed by atoms with van der Waals surface area (Å²) in [6.45, 7) is 8.88. The zero-order chi connectivity index (χ0) is 18.5. The predicted octanol–water partition coefficient (Wildman–Crippen LogP) is 3.41. The van der Waals surface area contributed by atoms with E-state index < -0.39 is 0 Å². The minimum Gasteiger partial charge on any atom is -0.371 e. The fourth-order valence-corrected chi connectivity index (χ4v) is 3.86. The summed E-state index contributed by atoms with van der Waals surface area (Å²) >= 11 is 0. The minimum atomic E-state index is 0.0812. The van der Waals surface area contributed by atoms with Crippen molar-refractivity contribution in [2.24, 2.45) is 0 Å². The van der Waals surface area contributed by atoms with Crippen LogP contribution in [0, 0.1) is 13.8 Å². The first kappa shape index (κ1) is 18.5. The molecule has 26 heavy (non-hydrogen) atoms. The summed E-state index contributed by atoms with van der Waals surface area (Å²) in [6.07, 6.45) is 3.82. The second-order valence-corrected chi connectivity index (χ2v) is 7.35. The lowest BCUT2D eigenvalue weighted by atomic mass is 10.0. The Hall–Kier alpha value is -2.30. The molecule has 0 bridgehead atoms. The van der Waals surface area contributed by atoms with Crippen molar-refractivity contribution < 1.29 is 4.79 Å². The highest BCUT2D eigenvalue weighted by Gasteiger charge is 2.16. The van der Waals surface area contributed by atoms with Gasteiger partial charge in [-0.25, -0.2) is 0 Å². The lowest BCUT2D eigenvalue weighted by molar-refractivity contribution is -0.121. The van der Waals surface area contributed by atoms with E-state index in [4.69, 9.17) is 0 Å². The van der Waals surface area contributed by atoms with Crippen LogP contribution in [0.2, 0.25) is 0 Å². The molecule has 0 spiro atoms. The molecule has 1 aromatic carbocycles. The maximum atomic E-state index is 12.2. The number of aryl methyl sites for hydroxylation is 3. The zero-order valence-corrected chi connectivity index (χ0v) is 16.2. The summed E-state index contributed by atoms with van der Waals surface area (Å²) in [4.78, 5) is 14.7. The van der Waals surface area contributed by atoms with Gasteiger partial charge in [-0.2, -0.15) is 5.10 Å². The average Bonchev–Trinajstić information content (AvgIpc) is 2.97. The fourth-order valence-electron chi connectivity index (χ4n) is 3.86. The van der Waals surface area contributed by atoms with Crippen LogP contribution in [-0.2, 0) is 11.2 Å². The highest BCUT2D eigenvalue weighted by atomic mass is 16.1. The molecule has 0 aliphatic carbocycles. The van der Waals surface area contributed by atoms with Gasteiger partial charge in [-0.15, -0.1) is 0 Å². The Morgan fingerprint density at radius 1 is 1.31 bits per heavy atom. The molecule has 1 aliphatic heterocycles. The largest absolute Gasteiger partial charge is 0.371 e. The van der Waals surface area contributed by atoms with Crippen molar-refractivity contribution in [1.82, 2.24) is 15.1 Å². The van der Waals surface area contributed by atoms with Crippen molar-refractivity contribution in [3.63, 3.8) is 0 Å². The van der Waals surface area contributed by atoms with Crippen LogP contribution in [0.5, 0.6) is 0 Å². The summed E-state index contributed by atoms with van der Waals surface area (Å²) < 4.78 is 1.94. The van der Waals surface area contributed by atoms with E-state index in [1.807, 2.05) is 31.5 Å². The molecule has 5 heteroatoms. The van der Waals surface area contributed by atoms with Crippen molar-refractivity contribution in [3.8, 4) is 0 Å². The summed E-state index contributed by atoms with van der Waals surface area (Å²) in [6, 6.07) is 10.8. The number of carbonyl (C=O) groups excluding carboxylic acids is 1. The first-order chi connectivity index (χ1) is 12.5. The van der Waals surface area contributed by atoms with E-state index >= 15 is 0 Å². The monoisotopic (exact) mass is 354 g/mol. The molecule has 140 valence electrons. The van der Waals surface area contributed by atoms with Crippen molar-refractivity contribution in [1.29, 1.82) is 0 Å². The van der Waals surface area contributed by atoms with Crippen LogP contribution in [0.4, 0.5) is 5.69 Å². The maximum Gasteiger partial charge on any atom is 0.222 e. The first-order valence-electron chi connectivity index (χ1n) is 9.67. The summed E-state index contributed by atoms with van der Waals surface area (Å²) in [7, 11) is 0. The lowest BCUT2D eigenvalue weighted by Crippen LogP contribution is -2.33. The molecule has 1 amide bonds. The zero-order valence-electron chi connectivity index (χ0n) is 16.2. The fraction of sp³-hybridized carbons (Fsp3) is 0.524. The Kier molecular flexibility index (Phi) is 5.96. The molecule has 5 nitrogen and oxygen atoms in total. The molecule has 1 aliphatic rings. The topological polar surface area (TPSA) is 50.2 Å². The number of rotatable bonds is 7. The van der Waals surface area contributed by atoms with Gasteiger partial charge >= 0.3 is 0 Å². The molecule has 0 fully saturated rings. The Balaban J connectivity index is 1.41. The van der Waals surface area contributed by atoms with Crippen LogP contribution in [0.3, 0.4) is 0 Å². The molecule has 1 aromatic heterocycles. The smallest absolute Gasteiger partial charge is 0.222 e. The van der Waals surface area contributed by atoms with Crippen molar-refractivity contribution in [2.75, 3.05) is 24.5 Å². The second-order valence-electron chi connectivity index (χ2n) is 7.35. The van der Waals surface area contributed by atoms with E-state index in [0.717, 1.165) is 37.4 Å². The third-order valence-corrected chi connectivity index (χ3v) is 5.08. The third-order valence-electron chi connectivity index (χ3n) is 5.08. The number of nitrogens with one attached hydrogen (secondary N) is 1. The number of aromatic nitrogens is 2. The van der Waals surface area contributed by atoms with Gasteiger partial charge in [-0.3, -0.25) is 9.48 Å². The number of anilines is 1. The van der Waals surface area contributed by atoms with Crippen molar-refractivity contribution in [2.45, 2.75) is 52.5 Å². The summed E-state index contributed by atoms with van der Waals surface area (Å²) in [5.74, 6) is 0.101. The molecule has 1 N–H and O–H groups in total. The Bertz CT molecular complexity index is 752. The highest BCUT2D eigenvalue weighted by molar-refractivity contribution is 5.76. The van der Waals surface area contributed by atoms with Gasteiger partial charge in [-0.1, -0.05) is 18.2 Å². The van der Waals surface area contributed by atoms with Gasteiger partial charge in [-0.05, 0) is 57.7 Å². The van der Waals surface area contributed by atoms with E-state index in [1.54, 1.807) is 0 Å². The van der Waals surface area contributed by atoms with E-state index in [-0.39, 0.29) is 11.9 Å². The first-order valence-corrected chi connectivity index (χ1v) is 9.67. The lowest BCUT2D eigenvalue weighted by Gasteiger charge is -2.31. The highest BCUT2D eigenvalue weighted by Crippen LogP contribution is 2.26. The Morgan fingerprint density at radius 2 is 2.12 bits per heavy atom. The van der Waals surface area contributed by atoms with Crippen LogP contribution in [0.1, 0.15) is 49.2 Å². The number of amides is 1. The molecule has 2 heterocycles. The standard InChI is InChI=1S/C21H30N4O/c1-16-14-17(2)25(23-16)18(3)15-21(26)22-11-7-13-24-12-6-9-19-8-4-5-10-20(19)24/h4-5,8,10,14,18H,6-7,9,11-13,15H2,1-3H3,(H,22,26)/t18-/m1/s1. The van der Waals surface area contributed by atoms with Crippen molar-refractivity contribution in [3.05, 3.63) is 47.3 Å². The number of benzene rings is 1. The number of hydrogen-bond acceptors (Lipinski definition) is 3. The van der Waals surface area contributed by atoms with E-state index in [0.29, 0.717) is 6.42 Å². The molecule has 3 rings (SSSR count). The number of carbonyl (C=O) groups is 1. The van der Waals surface area contributed by atoms with Gasteiger partial charge in [0.2, 0.25) is 5.91 Å². The SMILES string of the molecule is Cc1cc(C)n([C@H](C)CC(=O)NCCCN2CCCc3ccccc32)n1. The van der Waals surface area contributed by atoms with Gasteiger partial charge in [0.1, 0.15) is 0 Å². The number of fused-ring (bicyclic) bond motifs is 1. The number of para-hydroxylation sites is 1. The van der Waals surface area contributed by atoms with Gasteiger partial charge in [0.15, 0.2) is 0 Å². The second kappa shape index (κ2) is 8.39. The van der Waals surface area contributed by atoms with Gasteiger partial charge in [0, 0.05) is 37.4 Å². The Morgan fingerprint density at radius 3 is 2.88 bits per heavy atom. The van der Waals surface area contributed by atoms with Crippen LogP contribution in [0.15, 0.2) is 30.3 Å². The summed E-state index contributed by atoms with van der Waals surface area (Å²) in [5, 5.41) is 7.54. The normalized spacial score (nSPS) is 14.8. The van der Waals surface area contributed by atoms with Gasteiger partial charge in [0.05, 0.1) is 11.7 Å². The minimum absolute atomic E-state index is 0.0812. The third kappa shape index (κ3) is 4.45. The molecule has 0 unspecified atom stereocenters. The van der Waals surface area contributed by atoms with Crippen molar-refractivity contribution >= 4 is 11.6 Å². The summed E-state index contributed by atoms with van der Waals surface area (Å²) in [5.41, 5.74) is 4.91. The molecule has 0 radical (unpaired) electrons. The Labute approximate surface area is 156 Å². The maximum absolute atomic E-state index is 12.2. The molecule has 0 saturated heterocycles. The predicted molar refractivity (Wildman–Crippen MR) is 106 cm³/mol. The molecule has 0 saturated carbocycles. The van der Waals surface area contributed by atoms with Crippen LogP contribution in [0.25, 0.3) is 0 Å². The average molecular weight is 354 g/mol. The van der Waals surface area contributed by atoms with E-state index in [2.05, 4.69) is 39.6 Å². The number of nitrogens with zero attached hydrogens (tertiary/aromatic N) is 3. The van der Waals surface area contributed by atoms with E-state index in [9.17, 15) is 4.79 Å². The molecular weight excluding hydrogens is 324 g/mol. The van der Waals surface area contributed by atoms with Gasteiger partial charge < -0.3 is 10.2 Å².